The summed E-state index contributed by atoms with van der Waals surface area (Å²) in [5, 5.41) is 0. The largest absolute Gasteiger partial charge is 0.294 e. The maximum Gasteiger partial charge on any atom is 0.163 e. The predicted molar refractivity (Wildman–Crippen MR) is 100 cm³/mol. The number of carbonyl (C=O) groups is 1. The molecule has 0 saturated carbocycles. The maximum atomic E-state index is 12.6. The van der Waals surface area contributed by atoms with Crippen LogP contribution in [0.3, 0.4) is 0 Å². The molecule has 0 heterocycles. The Hall–Kier alpha value is -2.93. The van der Waals surface area contributed by atoms with Gasteiger partial charge in [0.2, 0.25) is 0 Å². The normalized spacial score (nSPS) is 12.2. The van der Waals surface area contributed by atoms with Gasteiger partial charge in [-0.15, -0.1) is 0 Å². The molecule has 3 aromatic rings. The number of allylic oxidation sites excluding steroid dienone is 1. The average molecular weight is 312 g/mol. The Kier molecular flexibility index (Phi) is 5.36. The second kappa shape index (κ2) is 8.07. The third-order valence-corrected chi connectivity index (χ3v) is 4.05. The van der Waals surface area contributed by atoms with E-state index in [2.05, 4.69) is 36.4 Å². The van der Waals surface area contributed by atoms with Gasteiger partial charge in [0.1, 0.15) is 0 Å². The van der Waals surface area contributed by atoms with E-state index in [0.29, 0.717) is 6.42 Å². The van der Waals surface area contributed by atoms with E-state index in [1.807, 2.05) is 66.7 Å². The van der Waals surface area contributed by atoms with Crippen molar-refractivity contribution in [2.75, 3.05) is 0 Å². The van der Waals surface area contributed by atoms with Gasteiger partial charge in [0, 0.05) is 17.9 Å². The molecule has 1 atom stereocenters. The molecule has 0 aromatic heterocycles. The van der Waals surface area contributed by atoms with Gasteiger partial charge in [-0.25, -0.2) is 0 Å². The lowest BCUT2D eigenvalue weighted by Crippen LogP contribution is -2.06. The fourth-order valence-corrected chi connectivity index (χ4v) is 2.73. The lowest BCUT2D eigenvalue weighted by atomic mass is 9.90. The van der Waals surface area contributed by atoms with E-state index in [9.17, 15) is 4.79 Å². The summed E-state index contributed by atoms with van der Waals surface area (Å²) in [4.78, 5) is 12.6. The molecule has 0 aliphatic rings. The zero-order valence-electron chi connectivity index (χ0n) is 13.5. The van der Waals surface area contributed by atoms with Crippen molar-refractivity contribution in [3.63, 3.8) is 0 Å². The molecule has 0 aliphatic carbocycles. The summed E-state index contributed by atoms with van der Waals surface area (Å²) in [6, 6.07) is 29.9. The third-order valence-electron chi connectivity index (χ3n) is 4.05. The van der Waals surface area contributed by atoms with Crippen molar-refractivity contribution in [2.24, 2.45) is 0 Å². The molecule has 3 aromatic carbocycles. The Morgan fingerprint density at radius 2 is 1.29 bits per heavy atom. The zero-order valence-corrected chi connectivity index (χ0v) is 13.5. The van der Waals surface area contributed by atoms with Gasteiger partial charge in [-0.3, -0.25) is 4.79 Å². The lowest BCUT2D eigenvalue weighted by Gasteiger charge is -2.13. The first-order valence-electron chi connectivity index (χ1n) is 8.19. The molecule has 1 nitrogen and oxygen atoms in total. The molecule has 0 radical (unpaired) electrons. The Morgan fingerprint density at radius 3 is 1.92 bits per heavy atom. The highest BCUT2D eigenvalue weighted by molar-refractivity contribution is 5.96. The van der Waals surface area contributed by atoms with Crippen molar-refractivity contribution in [1.82, 2.24) is 0 Å². The van der Waals surface area contributed by atoms with Crippen molar-refractivity contribution in [3.05, 3.63) is 114 Å². The maximum absolute atomic E-state index is 12.6. The molecular weight excluding hydrogens is 292 g/mol. The molecule has 3 rings (SSSR count). The van der Waals surface area contributed by atoms with Crippen LogP contribution in [0.5, 0.6) is 0 Å². The predicted octanol–water partition coefficient (Wildman–Crippen LogP) is 5.76. The molecule has 24 heavy (non-hydrogen) atoms. The molecule has 0 bridgehead atoms. The minimum absolute atomic E-state index is 0.0686. The van der Waals surface area contributed by atoms with E-state index in [1.54, 1.807) is 0 Å². The van der Waals surface area contributed by atoms with Crippen molar-refractivity contribution in [1.29, 1.82) is 0 Å². The highest BCUT2D eigenvalue weighted by Gasteiger charge is 2.14. The highest BCUT2D eigenvalue weighted by Crippen LogP contribution is 2.24. The van der Waals surface area contributed by atoms with Gasteiger partial charge >= 0.3 is 0 Å². The minimum Gasteiger partial charge on any atom is -0.294 e. The second-order valence-electron chi connectivity index (χ2n) is 5.78. The summed E-state index contributed by atoms with van der Waals surface area (Å²) < 4.78 is 0. The summed E-state index contributed by atoms with van der Waals surface area (Å²) in [5.74, 6) is 0.237. The fraction of sp³-hybridized carbons (Fsp3) is 0.0870. The molecule has 1 heteroatoms. The quantitative estimate of drug-likeness (QED) is 0.529. The molecule has 0 aliphatic heterocycles. The van der Waals surface area contributed by atoms with Gasteiger partial charge in [0.25, 0.3) is 0 Å². The number of rotatable bonds is 6. The molecule has 0 fully saturated rings. The molecule has 1 unspecified atom stereocenters. The van der Waals surface area contributed by atoms with Crippen molar-refractivity contribution in [3.8, 4) is 0 Å². The number of Topliss-reactive ketones (excluding diaryl/α,β-unsaturated/α-hetero) is 1. The molecule has 0 amide bonds. The van der Waals surface area contributed by atoms with E-state index in [0.717, 1.165) is 16.7 Å². The first-order valence-corrected chi connectivity index (χ1v) is 8.19. The van der Waals surface area contributed by atoms with E-state index in [1.165, 1.54) is 0 Å². The average Bonchev–Trinajstić information content (AvgIpc) is 2.67. The van der Waals surface area contributed by atoms with E-state index < -0.39 is 0 Å². The SMILES string of the molecule is O=C(CC(C=Cc1ccccc1)c1ccccc1)c1ccccc1. The van der Waals surface area contributed by atoms with E-state index in [4.69, 9.17) is 0 Å². The van der Waals surface area contributed by atoms with Crippen LogP contribution in [0.1, 0.15) is 33.8 Å². The highest BCUT2D eigenvalue weighted by atomic mass is 16.1. The minimum atomic E-state index is 0.0686. The van der Waals surface area contributed by atoms with Gasteiger partial charge in [-0.2, -0.15) is 0 Å². The second-order valence-corrected chi connectivity index (χ2v) is 5.78. The monoisotopic (exact) mass is 312 g/mol. The topological polar surface area (TPSA) is 17.1 Å². The summed E-state index contributed by atoms with van der Waals surface area (Å²) in [6.45, 7) is 0. The number of benzene rings is 3. The molecule has 0 N–H and O–H groups in total. The van der Waals surface area contributed by atoms with Crippen LogP contribution in [0.4, 0.5) is 0 Å². The van der Waals surface area contributed by atoms with Gasteiger partial charge in [-0.05, 0) is 11.1 Å². The standard InChI is InChI=1S/C23H20O/c24-23(21-14-8-3-9-15-21)18-22(20-12-6-2-7-13-20)17-16-19-10-4-1-5-11-19/h1-17,22H,18H2. The van der Waals surface area contributed by atoms with Crippen LogP contribution in [0.25, 0.3) is 6.08 Å². The van der Waals surface area contributed by atoms with Crippen LogP contribution >= 0.6 is 0 Å². The van der Waals surface area contributed by atoms with Gasteiger partial charge in [-0.1, -0.05) is 103 Å². The smallest absolute Gasteiger partial charge is 0.163 e. The third kappa shape index (κ3) is 4.30. The number of hydrogen-bond donors (Lipinski definition) is 0. The van der Waals surface area contributed by atoms with Gasteiger partial charge in [0.05, 0.1) is 0 Å². The number of ketones is 1. The Bertz CT molecular complexity index is 789. The molecule has 0 saturated heterocycles. The lowest BCUT2D eigenvalue weighted by molar-refractivity contribution is 0.0978. The summed E-state index contributed by atoms with van der Waals surface area (Å²) in [5.41, 5.74) is 3.08. The van der Waals surface area contributed by atoms with Crippen molar-refractivity contribution < 1.29 is 4.79 Å². The molecule has 0 spiro atoms. The fourth-order valence-electron chi connectivity index (χ4n) is 2.73. The van der Waals surface area contributed by atoms with Crippen molar-refractivity contribution >= 4 is 11.9 Å². The molecular formula is C23H20O. The zero-order chi connectivity index (χ0) is 16.6. The summed E-state index contributed by atoms with van der Waals surface area (Å²) in [6.07, 6.45) is 4.69. The first-order chi connectivity index (χ1) is 11.8. The first kappa shape index (κ1) is 15.9. The van der Waals surface area contributed by atoms with Crippen LogP contribution < -0.4 is 0 Å². The van der Waals surface area contributed by atoms with Crippen LogP contribution in [0, 0.1) is 0 Å². The Morgan fingerprint density at radius 1 is 0.750 bits per heavy atom. The van der Waals surface area contributed by atoms with E-state index in [-0.39, 0.29) is 11.7 Å². The van der Waals surface area contributed by atoms with Gasteiger partial charge < -0.3 is 0 Å². The van der Waals surface area contributed by atoms with Gasteiger partial charge in [0.15, 0.2) is 5.78 Å². The van der Waals surface area contributed by atoms with E-state index >= 15 is 0 Å². The van der Waals surface area contributed by atoms with Crippen LogP contribution in [-0.4, -0.2) is 5.78 Å². The number of carbonyl (C=O) groups excluding carboxylic acids is 1. The van der Waals surface area contributed by atoms with Crippen LogP contribution in [-0.2, 0) is 0 Å². The molecule has 118 valence electrons. The summed E-state index contributed by atoms with van der Waals surface area (Å²) in [7, 11) is 0. The number of hydrogen-bond acceptors (Lipinski definition) is 1. The van der Waals surface area contributed by atoms with Crippen LogP contribution in [0.2, 0.25) is 0 Å². The van der Waals surface area contributed by atoms with Crippen molar-refractivity contribution in [2.45, 2.75) is 12.3 Å². The summed E-state index contributed by atoms with van der Waals surface area (Å²) >= 11 is 0. The Labute approximate surface area is 143 Å². The van der Waals surface area contributed by atoms with Crippen LogP contribution in [0.15, 0.2) is 97.1 Å². The Balaban J connectivity index is 1.83.